The van der Waals surface area contributed by atoms with Crippen LogP contribution in [0.2, 0.25) is 0 Å². The lowest BCUT2D eigenvalue weighted by atomic mass is 9.97. The highest BCUT2D eigenvalue weighted by atomic mass is 16.5. The molecule has 0 spiro atoms. The van der Waals surface area contributed by atoms with Gasteiger partial charge in [-0.25, -0.2) is 4.79 Å². The van der Waals surface area contributed by atoms with Crippen molar-refractivity contribution in [2.75, 3.05) is 19.7 Å². The molecule has 1 saturated heterocycles. The average molecular weight is 309 g/mol. The van der Waals surface area contributed by atoms with Crippen molar-refractivity contribution < 1.29 is 24.2 Å². The summed E-state index contributed by atoms with van der Waals surface area (Å²) in [7, 11) is 1.56. The maximum atomic E-state index is 12.5. The normalized spacial score (nSPS) is 18.1. The molecule has 2 heterocycles. The van der Waals surface area contributed by atoms with Crippen LogP contribution in [0.1, 0.15) is 40.6 Å². The van der Waals surface area contributed by atoms with Crippen molar-refractivity contribution in [3.63, 3.8) is 0 Å². The number of carboxylic acids is 1. The summed E-state index contributed by atoms with van der Waals surface area (Å²) < 4.78 is 6.29. The number of rotatable bonds is 4. The number of nitrogens with zero attached hydrogens (tertiary/aromatic N) is 3. The van der Waals surface area contributed by atoms with Crippen molar-refractivity contribution in [1.29, 1.82) is 0 Å². The van der Waals surface area contributed by atoms with Crippen molar-refractivity contribution in [3.8, 4) is 0 Å². The van der Waals surface area contributed by atoms with Crippen molar-refractivity contribution in [3.05, 3.63) is 17.5 Å². The summed E-state index contributed by atoms with van der Waals surface area (Å²) in [5, 5.41) is 13.1. The Morgan fingerprint density at radius 2 is 2.18 bits per heavy atom. The second kappa shape index (κ2) is 6.59. The van der Waals surface area contributed by atoms with Crippen molar-refractivity contribution in [2.24, 2.45) is 13.0 Å². The minimum atomic E-state index is -1.20. The van der Waals surface area contributed by atoms with E-state index in [9.17, 15) is 14.4 Å². The van der Waals surface area contributed by atoms with E-state index in [1.165, 1.54) is 15.8 Å². The predicted octanol–water partition coefficient (Wildman–Crippen LogP) is 0.534. The number of carbonyl (C=O) groups is 3. The van der Waals surface area contributed by atoms with Gasteiger partial charge in [0, 0.05) is 26.3 Å². The van der Waals surface area contributed by atoms with Gasteiger partial charge in [0.15, 0.2) is 5.69 Å². The molecule has 1 aliphatic rings. The number of aromatic nitrogens is 2. The summed E-state index contributed by atoms with van der Waals surface area (Å²) in [6.45, 7) is 2.74. The van der Waals surface area contributed by atoms with Crippen LogP contribution in [0.4, 0.5) is 0 Å². The smallest absolute Gasteiger partial charge is 0.339 e. The van der Waals surface area contributed by atoms with Crippen LogP contribution < -0.4 is 0 Å². The first-order chi connectivity index (χ1) is 10.4. The number of esters is 1. The molecule has 1 fully saturated rings. The number of amides is 1. The summed E-state index contributed by atoms with van der Waals surface area (Å²) in [5.74, 6) is -2.35. The van der Waals surface area contributed by atoms with E-state index in [1.54, 1.807) is 14.0 Å². The Balaban J connectivity index is 2.15. The van der Waals surface area contributed by atoms with Gasteiger partial charge in [-0.3, -0.25) is 14.3 Å². The zero-order valence-corrected chi connectivity index (χ0v) is 12.6. The first kappa shape index (κ1) is 16.0. The number of hydrogen-bond acceptors (Lipinski definition) is 5. The Kier molecular flexibility index (Phi) is 4.79. The van der Waals surface area contributed by atoms with Gasteiger partial charge >= 0.3 is 11.9 Å². The zero-order chi connectivity index (χ0) is 16.3. The largest absolute Gasteiger partial charge is 0.478 e. The predicted molar refractivity (Wildman–Crippen MR) is 75.4 cm³/mol. The van der Waals surface area contributed by atoms with Crippen LogP contribution in [-0.2, 0) is 16.6 Å². The monoisotopic (exact) mass is 309 g/mol. The Labute approximate surface area is 127 Å². The van der Waals surface area contributed by atoms with Gasteiger partial charge in [-0.1, -0.05) is 0 Å². The first-order valence-electron chi connectivity index (χ1n) is 7.16. The summed E-state index contributed by atoms with van der Waals surface area (Å²) in [6.07, 6.45) is 2.63. The van der Waals surface area contributed by atoms with E-state index in [-0.39, 0.29) is 29.7 Å². The quantitative estimate of drug-likeness (QED) is 0.814. The topological polar surface area (TPSA) is 102 Å². The van der Waals surface area contributed by atoms with Crippen LogP contribution in [0.15, 0.2) is 6.20 Å². The molecule has 8 heteroatoms. The summed E-state index contributed by atoms with van der Waals surface area (Å²) in [4.78, 5) is 37.0. The number of likely N-dealkylation sites (tertiary alicyclic amines) is 1. The Bertz CT molecular complexity index is 595. The standard InChI is InChI=1S/C14H19N3O5/c1-3-22-14(21)9-5-4-6-17(7-9)12(18)11-10(13(19)20)8-16(2)15-11/h8-9H,3-7H2,1-2H3,(H,19,20). The lowest BCUT2D eigenvalue weighted by molar-refractivity contribution is -0.149. The molecule has 8 nitrogen and oxygen atoms in total. The van der Waals surface area contributed by atoms with E-state index in [2.05, 4.69) is 5.10 Å². The van der Waals surface area contributed by atoms with E-state index in [1.807, 2.05) is 0 Å². The summed E-state index contributed by atoms with van der Waals surface area (Å²) in [6, 6.07) is 0. The second-order valence-electron chi connectivity index (χ2n) is 5.21. The van der Waals surface area contributed by atoms with Crippen LogP contribution in [-0.4, -0.2) is 57.3 Å². The Morgan fingerprint density at radius 1 is 1.45 bits per heavy atom. The molecule has 1 atom stereocenters. The molecule has 2 rings (SSSR count). The Hall–Kier alpha value is -2.38. The van der Waals surface area contributed by atoms with E-state index >= 15 is 0 Å². The zero-order valence-electron chi connectivity index (χ0n) is 12.6. The third-order valence-corrected chi connectivity index (χ3v) is 3.59. The minimum Gasteiger partial charge on any atom is -0.478 e. The minimum absolute atomic E-state index is 0.0977. The molecule has 1 aliphatic heterocycles. The van der Waals surface area contributed by atoms with E-state index in [0.29, 0.717) is 26.0 Å². The van der Waals surface area contributed by atoms with Crippen molar-refractivity contribution >= 4 is 17.8 Å². The number of aromatic carboxylic acids is 1. The van der Waals surface area contributed by atoms with Crippen molar-refractivity contribution in [1.82, 2.24) is 14.7 Å². The number of piperidine rings is 1. The van der Waals surface area contributed by atoms with Gasteiger partial charge in [-0.15, -0.1) is 0 Å². The van der Waals surface area contributed by atoms with E-state index in [4.69, 9.17) is 9.84 Å². The maximum absolute atomic E-state index is 12.5. The third-order valence-electron chi connectivity index (χ3n) is 3.59. The van der Waals surface area contributed by atoms with Crippen LogP contribution in [0.25, 0.3) is 0 Å². The second-order valence-corrected chi connectivity index (χ2v) is 5.21. The molecule has 1 N–H and O–H groups in total. The lowest BCUT2D eigenvalue weighted by Gasteiger charge is -2.31. The van der Waals surface area contributed by atoms with Crippen LogP contribution >= 0.6 is 0 Å². The van der Waals surface area contributed by atoms with Crippen LogP contribution in [0.5, 0.6) is 0 Å². The fourth-order valence-corrected chi connectivity index (χ4v) is 2.57. The van der Waals surface area contributed by atoms with Gasteiger partial charge in [0.1, 0.15) is 5.56 Å². The molecular formula is C14H19N3O5. The van der Waals surface area contributed by atoms with Gasteiger partial charge in [-0.2, -0.15) is 5.10 Å². The molecule has 1 aromatic rings. The van der Waals surface area contributed by atoms with Gasteiger partial charge in [0.2, 0.25) is 0 Å². The Morgan fingerprint density at radius 3 is 2.82 bits per heavy atom. The first-order valence-corrected chi connectivity index (χ1v) is 7.16. The van der Waals surface area contributed by atoms with Gasteiger partial charge < -0.3 is 14.7 Å². The highest BCUT2D eigenvalue weighted by molar-refractivity contribution is 6.03. The maximum Gasteiger partial charge on any atom is 0.339 e. The fourth-order valence-electron chi connectivity index (χ4n) is 2.57. The van der Waals surface area contributed by atoms with Crippen LogP contribution in [0, 0.1) is 5.92 Å². The SMILES string of the molecule is CCOC(=O)C1CCCN(C(=O)c2nn(C)cc2C(=O)O)C1. The molecule has 120 valence electrons. The van der Waals surface area contributed by atoms with Gasteiger partial charge in [0.25, 0.3) is 5.91 Å². The molecule has 1 unspecified atom stereocenters. The molecule has 0 aliphatic carbocycles. The number of ether oxygens (including phenoxy) is 1. The van der Waals surface area contributed by atoms with Gasteiger partial charge in [-0.05, 0) is 19.8 Å². The summed E-state index contributed by atoms with van der Waals surface area (Å²) >= 11 is 0. The molecule has 1 aromatic heterocycles. The molecule has 1 amide bonds. The average Bonchev–Trinajstić information content (AvgIpc) is 2.89. The van der Waals surface area contributed by atoms with Crippen molar-refractivity contribution in [2.45, 2.75) is 19.8 Å². The van der Waals surface area contributed by atoms with E-state index in [0.717, 1.165) is 0 Å². The molecular weight excluding hydrogens is 290 g/mol. The lowest BCUT2D eigenvalue weighted by Crippen LogP contribution is -2.43. The van der Waals surface area contributed by atoms with E-state index < -0.39 is 11.9 Å². The summed E-state index contributed by atoms with van der Waals surface area (Å²) in [5.41, 5.74) is -0.231. The number of hydrogen-bond donors (Lipinski definition) is 1. The van der Waals surface area contributed by atoms with Gasteiger partial charge in [0.05, 0.1) is 12.5 Å². The molecule has 0 aromatic carbocycles. The highest BCUT2D eigenvalue weighted by Crippen LogP contribution is 2.20. The molecule has 0 radical (unpaired) electrons. The number of carboxylic acid groups (broad SMARTS) is 1. The molecule has 0 bridgehead atoms. The number of aryl methyl sites for hydroxylation is 1. The third kappa shape index (κ3) is 3.26. The molecule has 22 heavy (non-hydrogen) atoms. The van der Waals surface area contributed by atoms with Crippen LogP contribution in [0.3, 0.4) is 0 Å². The number of carbonyl (C=O) groups excluding carboxylic acids is 2. The molecule has 0 saturated carbocycles. The highest BCUT2D eigenvalue weighted by Gasteiger charge is 2.32. The fraction of sp³-hybridized carbons (Fsp3) is 0.571.